The number of hydrogen-bond acceptors (Lipinski definition) is 6. The van der Waals surface area contributed by atoms with E-state index in [1.54, 1.807) is 11.3 Å². The minimum absolute atomic E-state index is 0.109. The van der Waals surface area contributed by atoms with E-state index < -0.39 is 6.04 Å². The van der Waals surface area contributed by atoms with Gasteiger partial charge in [0.25, 0.3) is 0 Å². The van der Waals surface area contributed by atoms with Crippen LogP contribution in [0.25, 0.3) is 5.00 Å². The monoisotopic (exact) mass is 482 g/mol. The summed E-state index contributed by atoms with van der Waals surface area (Å²) in [5, 5.41) is 10.6. The smallest absolute Gasteiger partial charge is 0.225 e. The van der Waals surface area contributed by atoms with Crippen LogP contribution in [0.5, 0.6) is 0 Å². The topological polar surface area (TPSA) is 66.6 Å². The number of thiophene rings is 1. The lowest BCUT2D eigenvalue weighted by molar-refractivity contribution is -0.133. The molecule has 0 bridgehead atoms. The zero-order valence-corrected chi connectivity index (χ0v) is 20.9. The van der Waals surface area contributed by atoms with Crippen molar-refractivity contribution in [2.75, 3.05) is 33.2 Å². The molecule has 4 heterocycles. The number of rotatable bonds is 3. The molecule has 2 aromatic heterocycles. The Morgan fingerprint density at radius 2 is 1.79 bits per heavy atom. The van der Waals surface area contributed by atoms with Crippen LogP contribution in [0, 0.1) is 20.8 Å². The standard InChI is InChI=1S/C24H27ClN6OS/c1-14-15(2)33-24-21(14)22(17-5-7-18(25)8-6-17)26-19(23-28-27-16(3)31(23)24)13-20(32)30-11-9-29(4)10-12-30/h5-8,19H,9-13H2,1-4H3/t19-/m0/s1. The number of aliphatic imine (C=N–C) groups is 1. The van der Waals surface area contributed by atoms with E-state index in [1.165, 1.54) is 10.4 Å². The van der Waals surface area contributed by atoms with Gasteiger partial charge in [-0.25, -0.2) is 0 Å². The van der Waals surface area contributed by atoms with Gasteiger partial charge in [-0.2, -0.15) is 0 Å². The third-order valence-electron chi connectivity index (χ3n) is 6.58. The maximum absolute atomic E-state index is 13.3. The van der Waals surface area contributed by atoms with Crippen molar-refractivity contribution in [3.05, 3.63) is 62.5 Å². The third kappa shape index (κ3) is 4.00. The van der Waals surface area contributed by atoms with Crippen molar-refractivity contribution >= 4 is 34.6 Å². The summed E-state index contributed by atoms with van der Waals surface area (Å²) in [6.45, 7) is 9.48. The van der Waals surface area contributed by atoms with E-state index in [0.717, 1.165) is 59.7 Å². The lowest BCUT2D eigenvalue weighted by Crippen LogP contribution is -2.47. The molecule has 0 radical (unpaired) electrons. The molecule has 3 aromatic rings. The Morgan fingerprint density at radius 3 is 2.48 bits per heavy atom. The highest BCUT2D eigenvalue weighted by Gasteiger charge is 2.33. The van der Waals surface area contributed by atoms with Crippen molar-refractivity contribution in [3.63, 3.8) is 0 Å². The molecule has 0 unspecified atom stereocenters. The van der Waals surface area contributed by atoms with E-state index in [-0.39, 0.29) is 12.3 Å². The Morgan fingerprint density at radius 1 is 1.09 bits per heavy atom. The van der Waals surface area contributed by atoms with Crippen LogP contribution in [0.3, 0.4) is 0 Å². The molecule has 172 valence electrons. The first-order valence-electron chi connectivity index (χ1n) is 11.2. The highest BCUT2D eigenvalue weighted by molar-refractivity contribution is 7.15. The predicted octanol–water partition coefficient (Wildman–Crippen LogP) is 3.96. The fourth-order valence-electron chi connectivity index (χ4n) is 4.48. The van der Waals surface area contributed by atoms with Gasteiger partial charge in [-0.1, -0.05) is 23.7 Å². The number of piperazine rings is 1. The molecule has 1 amide bonds. The molecule has 0 spiro atoms. The van der Waals surface area contributed by atoms with Gasteiger partial charge in [0.15, 0.2) is 5.82 Å². The molecule has 1 atom stereocenters. The molecule has 33 heavy (non-hydrogen) atoms. The first kappa shape index (κ1) is 22.3. The number of likely N-dealkylation sites (N-methyl/N-ethyl adjacent to an activating group) is 1. The number of aryl methyl sites for hydroxylation is 2. The molecular weight excluding hydrogens is 456 g/mol. The highest BCUT2D eigenvalue weighted by Crippen LogP contribution is 2.39. The van der Waals surface area contributed by atoms with Crippen molar-refractivity contribution < 1.29 is 4.79 Å². The molecule has 7 nitrogen and oxygen atoms in total. The number of nitrogens with zero attached hydrogens (tertiary/aromatic N) is 6. The number of fused-ring (bicyclic) bond motifs is 3. The molecule has 9 heteroatoms. The molecule has 1 saturated heterocycles. The van der Waals surface area contributed by atoms with Crippen molar-refractivity contribution in [2.45, 2.75) is 33.2 Å². The number of amides is 1. The number of halogens is 1. The highest BCUT2D eigenvalue weighted by atomic mass is 35.5. The zero-order chi connectivity index (χ0) is 23.3. The number of benzene rings is 1. The van der Waals surface area contributed by atoms with Gasteiger partial charge >= 0.3 is 0 Å². The fraction of sp³-hybridized carbons (Fsp3) is 0.417. The van der Waals surface area contributed by atoms with Gasteiger partial charge in [-0.05, 0) is 45.5 Å². The average molecular weight is 483 g/mol. The van der Waals surface area contributed by atoms with Gasteiger partial charge in [0.05, 0.1) is 12.1 Å². The summed E-state index contributed by atoms with van der Waals surface area (Å²) in [4.78, 5) is 23.9. The van der Waals surface area contributed by atoms with Gasteiger partial charge in [-0.3, -0.25) is 14.4 Å². The number of hydrogen-bond donors (Lipinski definition) is 0. The minimum Gasteiger partial charge on any atom is -0.340 e. The largest absolute Gasteiger partial charge is 0.340 e. The summed E-state index contributed by atoms with van der Waals surface area (Å²) >= 11 is 7.89. The van der Waals surface area contributed by atoms with Crippen LogP contribution < -0.4 is 0 Å². The molecule has 2 aliphatic heterocycles. The van der Waals surface area contributed by atoms with Crippen LogP contribution in [-0.2, 0) is 4.79 Å². The lowest BCUT2D eigenvalue weighted by atomic mass is 9.99. The van der Waals surface area contributed by atoms with Crippen LogP contribution in [0.15, 0.2) is 29.3 Å². The maximum Gasteiger partial charge on any atom is 0.225 e. The van der Waals surface area contributed by atoms with Gasteiger partial charge in [-0.15, -0.1) is 21.5 Å². The third-order valence-corrected chi connectivity index (χ3v) is 8.03. The van der Waals surface area contributed by atoms with Crippen LogP contribution in [0.2, 0.25) is 5.02 Å². The summed E-state index contributed by atoms with van der Waals surface area (Å²) in [6.07, 6.45) is 0.270. The summed E-state index contributed by atoms with van der Waals surface area (Å²) in [5.41, 5.74) is 4.13. The summed E-state index contributed by atoms with van der Waals surface area (Å²) in [7, 11) is 2.09. The van der Waals surface area contributed by atoms with Gasteiger partial charge < -0.3 is 9.80 Å². The van der Waals surface area contributed by atoms with Crippen LogP contribution in [0.4, 0.5) is 0 Å². The van der Waals surface area contributed by atoms with Gasteiger partial charge in [0.1, 0.15) is 16.9 Å². The SMILES string of the molecule is Cc1sc2c(c1C)C(c1ccc(Cl)cc1)=N[C@@H](CC(=O)N1CCN(C)CC1)c1nnc(C)n1-2. The van der Waals surface area contributed by atoms with E-state index in [4.69, 9.17) is 16.6 Å². The van der Waals surface area contributed by atoms with E-state index in [9.17, 15) is 4.79 Å². The summed E-state index contributed by atoms with van der Waals surface area (Å²) in [6, 6.07) is 7.34. The number of carbonyl (C=O) groups is 1. The first-order chi connectivity index (χ1) is 15.8. The zero-order valence-electron chi connectivity index (χ0n) is 19.3. The van der Waals surface area contributed by atoms with E-state index in [2.05, 4.69) is 40.6 Å². The quantitative estimate of drug-likeness (QED) is 0.566. The predicted molar refractivity (Wildman–Crippen MR) is 132 cm³/mol. The molecule has 0 N–H and O–H groups in total. The Balaban J connectivity index is 1.62. The van der Waals surface area contributed by atoms with Crippen LogP contribution in [0.1, 0.15) is 45.7 Å². The van der Waals surface area contributed by atoms with Crippen molar-refractivity contribution in [2.24, 2.45) is 4.99 Å². The summed E-state index contributed by atoms with van der Waals surface area (Å²) < 4.78 is 2.09. The average Bonchev–Trinajstić information content (AvgIpc) is 3.27. The van der Waals surface area contributed by atoms with E-state index in [0.29, 0.717) is 5.02 Å². The van der Waals surface area contributed by atoms with Crippen molar-refractivity contribution in [1.29, 1.82) is 0 Å². The van der Waals surface area contributed by atoms with Gasteiger partial charge in [0.2, 0.25) is 5.91 Å². The second-order valence-electron chi connectivity index (χ2n) is 8.79. The second-order valence-corrected chi connectivity index (χ2v) is 10.4. The second kappa shape index (κ2) is 8.66. The van der Waals surface area contributed by atoms with Gasteiger partial charge in [0, 0.05) is 47.2 Å². The molecule has 2 aliphatic rings. The Bertz CT molecular complexity index is 1240. The lowest BCUT2D eigenvalue weighted by Gasteiger charge is -2.33. The molecule has 1 aromatic carbocycles. The first-order valence-corrected chi connectivity index (χ1v) is 12.4. The number of aromatic nitrogens is 3. The number of carbonyl (C=O) groups excluding carboxylic acids is 1. The molecule has 0 aliphatic carbocycles. The Labute approximate surface area is 202 Å². The van der Waals surface area contributed by atoms with E-state index >= 15 is 0 Å². The maximum atomic E-state index is 13.3. The minimum atomic E-state index is -0.414. The molecule has 0 saturated carbocycles. The van der Waals surface area contributed by atoms with Crippen molar-refractivity contribution in [1.82, 2.24) is 24.6 Å². The van der Waals surface area contributed by atoms with E-state index in [1.807, 2.05) is 36.1 Å². The summed E-state index contributed by atoms with van der Waals surface area (Å²) in [5.74, 6) is 1.64. The van der Waals surface area contributed by atoms with Crippen LogP contribution >= 0.6 is 22.9 Å². The van der Waals surface area contributed by atoms with Crippen molar-refractivity contribution in [3.8, 4) is 5.00 Å². The Kier molecular flexibility index (Phi) is 5.84. The molecular formula is C24H27ClN6OS. The molecule has 5 rings (SSSR count). The Hall–Kier alpha value is -2.55. The normalized spacial score (nSPS) is 18.5. The fourth-order valence-corrected chi connectivity index (χ4v) is 5.82. The molecule has 1 fully saturated rings. The van der Waals surface area contributed by atoms with Crippen LogP contribution in [-0.4, -0.2) is 69.4 Å².